The number of alkyl halides is 3. The van der Waals surface area contributed by atoms with Gasteiger partial charge in [0.05, 0.1) is 5.02 Å². The van der Waals surface area contributed by atoms with E-state index in [4.69, 9.17) is 23.2 Å². The van der Waals surface area contributed by atoms with Gasteiger partial charge in [-0.05, 0) is 12.1 Å². The second-order valence-electron chi connectivity index (χ2n) is 2.80. The van der Waals surface area contributed by atoms with Gasteiger partial charge in [0, 0.05) is 0 Å². The van der Waals surface area contributed by atoms with Crippen LogP contribution in [0.1, 0.15) is 10.5 Å². The Hall–Kier alpha value is -1.05. The highest BCUT2D eigenvalue weighted by Gasteiger charge is 2.28. The number of nitrogens with zero attached hydrogens (tertiary/aromatic N) is 1. The summed E-state index contributed by atoms with van der Waals surface area (Å²) < 4.78 is 35.1. The fourth-order valence-corrected chi connectivity index (χ4v) is 1.15. The molecule has 17 heavy (non-hydrogen) atoms. The van der Waals surface area contributed by atoms with E-state index < -0.39 is 18.7 Å². The first-order chi connectivity index (χ1) is 7.79. The number of pyridine rings is 1. The lowest BCUT2D eigenvalue weighted by Crippen LogP contribution is -2.30. The van der Waals surface area contributed by atoms with E-state index in [0.717, 1.165) is 0 Å². The van der Waals surface area contributed by atoms with Crippen LogP contribution >= 0.6 is 23.2 Å². The molecule has 1 aromatic heterocycles. The first-order valence-electron chi connectivity index (χ1n) is 4.10. The first-order valence-corrected chi connectivity index (χ1v) is 4.86. The molecule has 0 fully saturated rings. The number of carbonyl (C=O) groups is 1. The second-order valence-corrected chi connectivity index (χ2v) is 3.59. The highest BCUT2D eigenvalue weighted by Crippen LogP contribution is 2.17. The maximum Gasteiger partial charge on any atom is 0.414 e. The number of rotatable bonds is 3. The molecule has 1 N–H and O–H groups in total. The van der Waals surface area contributed by atoms with Gasteiger partial charge in [-0.15, -0.1) is 0 Å². The zero-order valence-corrected chi connectivity index (χ0v) is 9.53. The molecule has 0 spiro atoms. The number of carbonyl (C=O) groups excluding carboxylic acids is 1. The molecular weight excluding hydrogens is 284 g/mol. The van der Waals surface area contributed by atoms with Crippen molar-refractivity contribution in [3.8, 4) is 0 Å². The van der Waals surface area contributed by atoms with Crippen molar-refractivity contribution in [2.75, 3.05) is 6.61 Å². The molecule has 1 heterocycles. The van der Waals surface area contributed by atoms with Gasteiger partial charge in [0.15, 0.2) is 12.3 Å². The smallest absolute Gasteiger partial charge is 0.265 e. The monoisotopic (exact) mass is 288 g/mol. The molecule has 0 aliphatic carbocycles. The summed E-state index contributed by atoms with van der Waals surface area (Å²) >= 11 is 11.1. The molecule has 0 radical (unpaired) electrons. The summed E-state index contributed by atoms with van der Waals surface area (Å²) in [6.45, 7) is -1.61. The van der Waals surface area contributed by atoms with Crippen LogP contribution in [0.3, 0.4) is 0 Å². The van der Waals surface area contributed by atoms with Gasteiger partial charge in [-0.2, -0.15) is 13.2 Å². The van der Waals surface area contributed by atoms with Crippen LogP contribution < -0.4 is 5.48 Å². The van der Waals surface area contributed by atoms with Crippen molar-refractivity contribution in [2.45, 2.75) is 6.18 Å². The number of hydroxylamine groups is 1. The Labute approximate surface area is 104 Å². The average Bonchev–Trinajstić information content (AvgIpc) is 2.19. The normalized spacial score (nSPS) is 11.4. The van der Waals surface area contributed by atoms with Gasteiger partial charge in [0.2, 0.25) is 0 Å². The summed E-state index contributed by atoms with van der Waals surface area (Å²) in [6, 6.07) is 2.62. The molecule has 0 aliphatic rings. The predicted molar refractivity (Wildman–Crippen MR) is 53.7 cm³/mol. The Morgan fingerprint density at radius 2 is 2.06 bits per heavy atom. The molecule has 0 atom stereocenters. The lowest BCUT2D eigenvalue weighted by atomic mass is 10.3. The van der Waals surface area contributed by atoms with Gasteiger partial charge in [0.25, 0.3) is 5.91 Å². The standard InChI is InChI=1S/C8H5Cl2F3N2O2/c9-4-1-2-5(10)14-6(4)7(16)15-17-3-8(11,12)13/h1-2H,3H2,(H,15,16). The molecule has 1 aromatic rings. The Morgan fingerprint density at radius 3 is 2.65 bits per heavy atom. The van der Waals surface area contributed by atoms with Crippen molar-refractivity contribution in [1.29, 1.82) is 0 Å². The van der Waals surface area contributed by atoms with Crippen LogP contribution in [-0.2, 0) is 4.84 Å². The number of amides is 1. The molecule has 1 amide bonds. The molecule has 0 aliphatic heterocycles. The van der Waals surface area contributed by atoms with Crippen LogP contribution in [0, 0.1) is 0 Å². The highest BCUT2D eigenvalue weighted by atomic mass is 35.5. The van der Waals surface area contributed by atoms with E-state index in [2.05, 4.69) is 9.82 Å². The number of aromatic nitrogens is 1. The SMILES string of the molecule is O=C(NOCC(F)(F)F)c1nc(Cl)ccc1Cl. The Bertz CT molecular complexity index is 426. The van der Waals surface area contributed by atoms with Crippen LogP contribution in [0.25, 0.3) is 0 Å². The minimum absolute atomic E-state index is 0.0182. The van der Waals surface area contributed by atoms with Crippen molar-refractivity contribution < 1.29 is 22.8 Å². The molecule has 1 rings (SSSR count). The fourth-order valence-electron chi connectivity index (χ4n) is 0.809. The highest BCUT2D eigenvalue weighted by molar-refractivity contribution is 6.34. The zero-order valence-electron chi connectivity index (χ0n) is 8.02. The van der Waals surface area contributed by atoms with E-state index in [1.165, 1.54) is 12.1 Å². The maximum atomic E-state index is 11.7. The topological polar surface area (TPSA) is 51.2 Å². The summed E-state index contributed by atoms with van der Waals surface area (Å²) in [6.07, 6.45) is -4.54. The summed E-state index contributed by atoms with van der Waals surface area (Å²) in [7, 11) is 0. The van der Waals surface area contributed by atoms with Crippen LogP contribution in [0.5, 0.6) is 0 Å². The summed E-state index contributed by atoms with van der Waals surface area (Å²) in [4.78, 5) is 18.8. The third kappa shape index (κ3) is 4.76. The number of hydrogen-bond acceptors (Lipinski definition) is 3. The molecule has 0 saturated carbocycles. The summed E-state index contributed by atoms with van der Waals surface area (Å²) in [5, 5.41) is -0.0714. The minimum atomic E-state index is -4.54. The second kappa shape index (κ2) is 5.52. The summed E-state index contributed by atoms with van der Waals surface area (Å²) in [5.41, 5.74) is 1.24. The first kappa shape index (κ1) is 14.0. The number of nitrogens with one attached hydrogen (secondary N) is 1. The van der Waals surface area contributed by atoms with Crippen molar-refractivity contribution in [2.24, 2.45) is 0 Å². The Morgan fingerprint density at radius 1 is 1.41 bits per heavy atom. The van der Waals surface area contributed by atoms with Gasteiger partial charge in [-0.1, -0.05) is 23.2 Å². The molecule has 4 nitrogen and oxygen atoms in total. The van der Waals surface area contributed by atoms with Gasteiger partial charge in [-0.3, -0.25) is 9.63 Å². The van der Waals surface area contributed by atoms with E-state index in [0.29, 0.717) is 0 Å². The Balaban J connectivity index is 2.61. The van der Waals surface area contributed by atoms with Gasteiger partial charge in [0.1, 0.15) is 5.15 Å². The van der Waals surface area contributed by atoms with Crippen molar-refractivity contribution in [3.05, 3.63) is 28.0 Å². The van der Waals surface area contributed by atoms with E-state index in [1.807, 2.05) is 0 Å². The average molecular weight is 289 g/mol. The molecule has 0 saturated heterocycles. The molecule has 9 heteroatoms. The summed E-state index contributed by atoms with van der Waals surface area (Å²) in [5.74, 6) is -1.01. The third-order valence-electron chi connectivity index (χ3n) is 1.43. The zero-order chi connectivity index (χ0) is 13.1. The quantitative estimate of drug-likeness (QED) is 0.687. The Kier molecular flexibility index (Phi) is 4.55. The van der Waals surface area contributed by atoms with Gasteiger partial charge < -0.3 is 0 Å². The van der Waals surface area contributed by atoms with Gasteiger partial charge in [-0.25, -0.2) is 10.5 Å². The van der Waals surface area contributed by atoms with E-state index in [1.54, 1.807) is 5.48 Å². The lowest BCUT2D eigenvalue weighted by Gasteiger charge is -2.08. The van der Waals surface area contributed by atoms with Crippen LogP contribution in [0.2, 0.25) is 10.2 Å². The van der Waals surface area contributed by atoms with Crippen LogP contribution in [-0.4, -0.2) is 23.7 Å². The van der Waals surface area contributed by atoms with E-state index >= 15 is 0 Å². The van der Waals surface area contributed by atoms with Crippen molar-refractivity contribution >= 4 is 29.1 Å². The van der Waals surface area contributed by atoms with Gasteiger partial charge >= 0.3 is 6.18 Å². The molecule has 0 aromatic carbocycles. The fraction of sp³-hybridized carbons (Fsp3) is 0.250. The van der Waals surface area contributed by atoms with Crippen molar-refractivity contribution in [3.63, 3.8) is 0 Å². The largest absolute Gasteiger partial charge is 0.414 e. The van der Waals surface area contributed by atoms with E-state index in [9.17, 15) is 18.0 Å². The number of hydrogen-bond donors (Lipinski definition) is 1. The third-order valence-corrected chi connectivity index (χ3v) is 1.94. The lowest BCUT2D eigenvalue weighted by molar-refractivity contribution is -0.184. The minimum Gasteiger partial charge on any atom is -0.265 e. The maximum absolute atomic E-state index is 11.7. The predicted octanol–water partition coefficient (Wildman–Crippen LogP) is 2.61. The van der Waals surface area contributed by atoms with E-state index in [-0.39, 0.29) is 15.9 Å². The number of halogens is 5. The molecule has 0 unspecified atom stereocenters. The molecule has 0 bridgehead atoms. The van der Waals surface area contributed by atoms with Crippen LogP contribution in [0.15, 0.2) is 12.1 Å². The molecular formula is C8H5Cl2F3N2O2. The van der Waals surface area contributed by atoms with Crippen LogP contribution in [0.4, 0.5) is 13.2 Å². The molecule has 94 valence electrons. The van der Waals surface area contributed by atoms with Crippen molar-refractivity contribution in [1.82, 2.24) is 10.5 Å².